The number of aliphatic hydroxyl groups is 1. The van der Waals surface area contributed by atoms with Gasteiger partial charge >= 0.3 is 0 Å². The molecule has 2 unspecified atom stereocenters. The van der Waals surface area contributed by atoms with Gasteiger partial charge in [0.1, 0.15) is 11.8 Å². The Morgan fingerprint density at radius 2 is 2.05 bits per heavy atom. The van der Waals surface area contributed by atoms with Crippen LogP contribution in [0.1, 0.15) is 12.5 Å². The number of ether oxygens (including phenoxy) is 2. The summed E-state index contributed by atoms with van der Waals surface area (Å²) in [5, 5.41) is 21.2. The summed E-state index contributed by atoms with van der Waals surface area (Å²) in [6.45, 7) is 3.17. The molecule has 0 aliphatic rings. The molecule has 0 bridgehead atoms. The van der Waals surface area contributed by atoms with Crippen molar-refractivity contribution in [1.82, 2.24) is 5.32 Å². The van der Waals surface area contributed by atoms with E-state index in [9.17, 15) is 5.11 Å². The summed E-state index contributed by atoms with van der Waals surface area (Å²) in [6.07, 6.45) is -0.947. The lowest BCUT2D eigenvalue weighted by Gasteiger charge is -2.11. The van der Waals surface area contributed by atoms with Crippen molar-refractivity contribution in [1.29, 1.82) is 5.26 Å². The fourth-order valence-electron chi connectivity index (χ4n) is 1.55. The molecule has 2 atom stereocenters. The first kappa shape index (κ1) is 15.4. The van der Waals surface area contributed by atoms with Crippen molar-refractivity contribution in [3.05, 3.63) is 29.8 Å². The topological polar surface area (TPSA) is 74.5 Å². The van der Waals surface area contributed by atoms with Gasteiger partial charge in [-0.2, -0.15) is 5.26 Å². The molecule has 0 aliphatic heterocycles. The van der Waals surface area contributed by atoms with Gasteiger partial charge in [-0.15, -0.1) is 0 Å². The van der Waals surface area contributed by atoms with Crippen LogP contribution in [-0.2, 0) is 11.3 Å². The van der Waals surface area contributed by atoms with Crippen molar-refractivity contribution in [3.63, 3.8) is 0 Å². The first-order valence-corrected chi connectivity index (χ1v) is 6.18. The molecule has 0 spiro atoms. The Kier molecular flexibility index (Phi) is 6.90. The molecule has 5 nitrogen and oxygen atoms in total. The number of benzene rings is 1. The fraction of sp³-hybridized carbons (Fsp3) is 0.500. The number of rotatable bonds is 8. The third-order valence-corrected chi connectivity index (χ3v) is 2.49. The Balaban J connectivity index is 2.34. The summed E-state index contributed by atoms with van der Waals surface area (Å²) in [6, 6.07) is 9.52. The second-order valence-electron chi connectivity index (χ2n) is 4.27. The second kappa shape index (κ2) is 8.48. The minimum Gasteiger partial charge on any atom is -0.476 e. The highest BCUT2D eigenvalue weighted by Gasteiger charge is 2.03. The van der Waals surface area contributed by atoms with Gasteiger partial charge in [0.15, 0.2) is 6.10 Å². The largest absolute Gasteiger partial charge is 0.476 e. The Morgan fingerprint density at radius 3 is 2.63 bits per heavy atom. The van der Waals surface area contributed by atoms with Crippen LogP contribution in [0.25, 0.3) is 0 Å². The lowest BCUT2D eigenvalue weighted by Crippen LogP contribution is -2.29. The van der Waals surface area contributed by atoms with Gasteiger partial charge in [0.05, 0.1) is 12.7 Å². The molecule has 0 aromatic heterocycles. The summed E-state index contributed by atoms with van der Waals surface area (Å²) in [4.78, 5) is 0. The van der Waals surface area contributed by atoms with Gasteiger partial charge in [0, 0.05) is 20.2 Å². The lowest BCUT2D eigenvalue weighted by molar-refractivity contribution is 0.0644. The highest BCUT2D eigenvalue weighted by atomic mass is 16.5. The molecule has 1 aromatic carbocycles. The Hall–Kier alpha value is -1.61. The quantitative estimate of drug-likeness (QED) is 0.734. The molecule has 5 heteroatoms. The molecule has 1 rings (SSSR count). The molecule has 0 amide bonds. The van der Waals surface area contributed by atoms with E-state index in [2.05, 4.69) is 5.32 Å². The zero-order valence-electron chi connectivity index (χ0n) is 11.3. The van der Waals surface area contributed by atoms with E-state index in [1.165, 1.54) is 0 Å². The number of nitrogens with zero attached hydrogens (tertiary/aromatic N) is 1. The van der Waals surface area contributed by atoms with E-state index in [0.29, 0.717) is 25.4 Å². The van der Waals surface area contributed by atoms with E-state index >= 15 is 0 Å². The molecule has 0 aliphatic carbocycles. The summed E-state index contributed by atoms with van der Waals surface area (Å²) in [5.74, 6) is 0.678. The van der Waals surface area contributed by atoms with Gasteiger partial charge in [0.2, 0.25) is 0 Å². The summed E-state index contributed by atoms with van der Waals surface area (Å²) in [5.41, 5.74) is 1.08. The maximum Gasteiger partial charge on any atom is 0.181 e. The number of aliphatic hydroxyl groups excluding tert-OH is 1. The Bertz CT molecular complexity index is 400. The monoisotopic (exact) mass is 264 g/mol. The van der Waals surface area contributed by atoms with Gasteiger partial charge in [-0.3, -0.25) is 0 Å². The molecule has 19 heavy (non-hydrogen) atoms. The third kappa shape index (κ3) is 6.20. The first-order chi connectivity index (χ1) is 9.15. The summed E-state index contributed by atoms with van der Waals surface area (Å²) >= 11 is 0. The Morgan fingerprint density at radius 1 is 1.37 bits per heavy atom. The van der Waals surface area contributed by atoms with Crippen LogP contribution in [-0.4, -0.2) is 37.6 Å². The van der Waals surface area contributed by atoms with Crippen molar-refractivity contribution in [2.24, 2.45) is 0 Å². The third-order valence-electron chi connectivity index (χ3n) is 2.49. The van der Waals surface area contributed by atoms with Crippen LogP contribution < -0.4 is 10.1 Å². The normalized spacial score (nSPS) is 13.6. The zero-order chi connectivity index (χ0) is 14.1. The van der Waals surface area contributed by atoms with Gasteiger partial charge in [0.25, 0.3) is 0 Å². The molecule has 104 valence electrons. The minimum atomic E-state index is -0.496. The second-order valence-corrected chi connectivity index (χ2v) is 4.27. The average Bonchev–Trinajstić information content (AvgIpc) is 2.41. The van der Waals surface area contributed by atoms with Crippen molar-refractivity contribution < 1.29 is 14.6 Å². The zero-order valence-corrected chi connectivity index (χ0v) is 11.3. The van der Waals surface area contributed by atoms with E-state index in [1.54, 1.807) is 14.0 Å². The highest BCUT2D eigenvalue weighted by Crippen LogP contribution is 2.13. The Labute approximate surface area is 113 Å². The van der Waals surface area contributed by atoms with Gasteiger partial charge in [-0.1, -0.05) is 12.1 Å². The smallest absolute Gasteiger partial charge is 0.181 e. The van der Waals surface area contributed by atoms with Gasteiger partial charge < -0.3 is 19.9 Å². The lowest BCUT2D eigenvalue weighted by atomic mass is 10.2. The van der Waals surface area contributed by atoms with Crippen LogP contribution in [0.3, 0.4) is 0 Å². The predicted octanol–water partition coefficient (Wildman–Crippen LogP) is 1.07. The van der Waals surface area contributed by atoms with Crippen molar-refractivity contribution in [2.45, 2.75) is 25.7 Å². The van der Waals surface area contributed by atoms with Crippen LogP contribution >= 0.6 is 0 Å². The molecule has 0 saturated heterocycles. The molecule has 1 aromatic rings. The van der Waals surface area contributed by atoms with E-state index in [1.807, 2.05) is 30.3 Å². The molecule has 0 radical (unpaired) electrons. The van der Waals surface area contributed by atoms with Crippen molar-refractivity contribution >= 4 is 0 Å². The minimum absolute atomic E-state index is 0.325. The van der Waals surface area contributed by atoms with Crippen LogP contribution in [0.15, 0.2) is 24.3 Å². The number of nitrogens with one attached hydrogen (secondary N) is 1. The number of hydrogen-bond donors (Lipinski definition) is 2. The molecule has 0 saturated carbocycles. The van der Waals surface area contributed by atoms with E-state index in [-0.39, 0.29) is 0 Å². The molecular weight excluding hydrogens is 244 g/mol. The van der Waals surface area contributed by atoms with Crippen LogP contribution in [0.4, 0.5) is 0 Å². The predicted molar refractivity (Wildman–Crippen MR) is 71.7 cm³/mol. The maximum absolute atomic E-state index is 9.46. The number of nitriles is 1. The molecule has 0 heterocycles. The van der Waals surface area contributed by atoms with E-state index < -0.39 is 12.2 Å². The van der Waals surface area contributed by atoms with E-state index in [0.717, 1.165) is 5.56 Å². The van der Waals surface area contributed by atoms with Gasteiger partial charge in [-0.25, -0.2) is 0 Å². The SMILES string of the molecule is COCC(O)CNCc1ccc(OC(C)C#N)cc1. The van der Waals surface area contributed by atoms with Crippen LogP contribution in [0, 0.1) is 11.3 Å². The number of methoxy groups -OCH3 is 1. The van der Waals surface area contributed by atoms with Gasteiger partial charge in [-0.05, 0) is 24.6 Å². The van der Waals surface area contributed by atoms with Crippen LogP contribution in [0.2, 0.25) is 0 Å². The summed E-state index contributed by atoms with van der Waals surface area (Å²) < 4.78 is 10.2. The molecule has 0 fully saturated rings. The fourth-order valence-corrected chi connectivity index (χ4v) is 1.55. The molecular formula is C14H20N2O3. The highest BCUT2D eigenvalue weighted by molar-refractivity contribution is 5.27. The number of hydrogen-bond acceptors (Lipinski definition) is 5. The van der Waals surface area contributed by atoms with Crippen molar-refractivity contribution in [2.75, 3.05) is 20.3 Å². The molecule has 2 N–H and O–H groups in total. The summed E-state index contributed by atoms with van der Waals surface area (Å²) in [7, 11) is 1.56. The first-order valence-electron chi connectivity index (χ1n) is 6.18. The van der Waals surface area contributed by atoms with Crippen LogP contribution in [0.5, 0.6) is 5.75 Å². The standard InChI is InChI=1S/C14H20N2O3/c1-11(7-15)19-14-5-3-12(4-6-14)8-16-9-13(17)10-18-2/h3-6,11,13,16-17H,8-10H2,1-2H3. The maximum atomic E-state index is 9.46. The average molecular weight is 264 g/mol. The van der Waals surface area contributed by atoms with Crippen molar-refractivity contribution in [3.8, 4) is 11.8 Å². The van der Waals surface area contributed by atoms with E-state index in [4.69, 9.17) is 14.7 Å².